The number of anilines is 1. The number of benzene rings is 2. The van der Waals surface area contributed by atoms with E-state index >= 15 is 0 Å². The molecule has 0 saturated heterocycles. The normalized spacial score (nSPS) is 16.4. The summed E-state index contributed by atoms with van der Waals surface area (Å²) in [6, 6.07) is 9.56. The van der Waals surface area contributed by atoms with E-state index in [2.05, 4.69) is 17.9 Å². The molecule has 1 heterocycles. The van der Waals surface area contributed by atoms with Gasteiger partial charge in [0.25, 0.3) is 0 Å². The molecule has 186 valence electrons. The lowest BCUT2D eigenvalue weighted by Crippen LogP contribution is -2.31. The molecule has 35 heavy (non-hydrogen) atoms. The lowest BCUT2D eigenvalue weighted by Gasteiger charge is -2.31. The first-order chi connectivity index (χ1) is 16.9. The molecule has 0 spiro atoms. The highest BCUT2D eigenvalue weighted by Crippen LogP contribution is 2.44. The van der Waals surface area contributed by atoms with Gasteiger partial charge in [0.2, 0.25) is 5.95 Å². The predicted molar refractivity (Wildman–Crippen MR) is 138 cm³/mol. The van der Waals surface area contributed by atoms with E-state index in [1.165, 1.54) is 12.8 Å². The molecule has 3 aromatic rings. The molecular weight excluding hydrogens is 463 g/mol. The van der Waals surface area contributed by atoms with Crippen LogP contribution in [0.1, 0.15) is 79.9 Å². The average Bonchev–Trinajstić information content (AvgIpc) is 3.78. The monoisotopic (exact) mass is 496 g/mol. The first-order valence-electron chi connectivity index (χ1n) is 12.7. The molecule has 0 amide bonds. The fourth-order valence-electron chi connectivity index (χ4n) is 4.81. The predicted octanol–water partition coefficient (Wildman–Crippen LogP) is 7.32. The van der Waals surface area contributed by atoms with E-state index in [4.69, 9.17) is 26.4 Å². The summed E-state index contributed by atoms with van der Waals surface area (Å²) < 4.78 is 22.0. The van der Waals surface area contributed by atoms with Gasteiger partial charge >= 0.3 is 0 Å². The molecule has 5 rings (SSSR count). The summed E-state index contributed by atoms with van der Waals surface area (Å²) in [4.78, 5) is 7.38. The number of halogens is 2. The molecule has 2 aliphatic rings. The van der Waals surface area contributed by atoms with Crippen LogP contribution in [0, 0.1) is 25.6 Å². The third-order valence-electron chi connectivity index (χ3n) is 7.19. The maximum absolute atomic E-state index is 14.6. The van der Waals surface area contributed by atoms with E-state index < -0.39 is 0 Å². The Morgan fingerprint density at radius 1 is 1.14 bits per heavy atom. The van der Waals surface area contributed by atoms with Gasteiger partial charge in [0.1, 0.15) is 17.4 Å². The summed E-state index contributed by atoms with van der Waals surface area (Å²) in [6.45, 7) is 6.79. The smallest absolute Gasteiger partial charge is 0.245 e. The first kappa shape index (κ1) is 24.1. The van der Waals surface area contributed by atoms with Crippen molar-refractivity contribution >= 4 is 17.5 Å². The van der Waals surface area contributed by atoms with Crippen LogP contribution in [0.3, 0.4) is 0 Å². The highest BCUT2D eigenvalue weighted by Gasteiger charge is 2.35. The van der Waals surface area contributed by atoms with E-state index in [9.17, 15) is 4.39 Å². The zero-order valence-electron chi connectivity index (χ0n) is 21.0. The minimum atomic E-state index is -0.155. The van der Waals surface area contributed by atoms with Gasteiger partial charge in [-0.05, 0) is 74.3 Å². The zero-order valence-corrected chi connectivity index (χ0v) is 21.8. The van der Waals surface area contributed by atoms with Crippen LogP contribution >= 0.6 is 11.6 Å². The van der Waals surface area contributed by atoms with E-state index in [0.29, 0.717) is 28.4 Å². The molecule has 7 heteroatoms. The van der Waals surface area contributed by atoms with Crippen molar-refractivity contribution < 1.29 is 9.13 Å². The number of rotatable bonds is 10. The molecule has 0 radical (unpaired) electrons. The standard InChI is InChI=1S/C28H34ClFN4O/c1-5-12-33(24(14-19-7-8-19)21-9-6-17(2)23(30)15-21)28-31-27(20-10-11-20)34(32-28)25-13-18(3)26(35-4)16-22(25)29/h6,9,13,15-16,19-20,24H,5,7-8,10-12,14H2,1-4H3. The minimum absolute atomic E-state index is 0.0357. The molecular formula is C28H34ClFN4O. The lowest BCUT2D eigenvalue weighted by molar-refractivity contribution is 0.411. The van der Waals surface area contributed by atoms with E-state index in [0.717, 1.165) is 60.6 Å². The number of hydrogen-bond donors (Lipinski definition) is 0. The fraction of sp³-hybridized carbons (Fsp3) is 0.500. The van der Waals surface area contributed by atoms with Crippen molar-refractivity contribution in [1.82, 2.24) is 14.8 Å². The van der Waals surface area contributed by atoms with Crippen LogP contribution in [-0.2, 0) is 0 Å². The van der Waals surface area contributed by atoms with Gasteiger partial charge in [-0.25, -0.2) is 9.07 Å². The first-order valence-corrected chi connectivity index (χ1v) is 13.1. The molecule has 2 saturated carbocycles. The quantitative estimate of drug-likeness (QED) is 0.295. The molecule has 1 unspecified atom stereocenters. The fourth-order valence-corrected chi connectivity index (χ4v) is 5.05. The molecule has 2 fully saturated rings. The Hall–Kier alpha value is -2.60. The topological polar surface area (TPSA) is 43.2 Å². The highest BCUT2D eigenvalue weighted by molar-refractivity contribution is 6.32. The van der Waals surface area contributed by atoms with Gasteiger partial charge in [-0.2, -0.15) is 4.98 Å². The Kier molecular flexibility index (Phi) is 6.75. The summed E-state index contributed by atoms with van der Waals surface area (Å²) >= 11 is 6.71. The summed E-state index contributed by atoms with van der Waals surface area (Å²) in [5.74, 6) is 3.31. The maximum Gasteiger partial charge on any atom is 0.245 e. The third-order valence-corrected chi connectivity index (χ3v) is 7.49. The van der Waals surface area contributed by atoms with Gasteiger partial charge in [0, 0.05) is 18.5 Å². The van der Waals surface area contributed by atoms with Crippen molar-refractivity contribution in [2.75, 3.05) is 18.6 Å². The molecule has 1 atom stereocenters. The van der Waals surface area contributed by atoms with E-state index in [1.807, 2.05) is 36.7 Å². The Balaban J connectivity index is 1.59. The molecule has 2 aromatic carbocycles. The molecule has 0 aliphatic heterocycles. The second kappa shape index (κ2) is 9.81. The molecule has 0 N–H and O–H groups in total. The molecule has 1 aromatic heterocycles. The van der Waals surface area contributed by atoms with Crippen LogP contribution in [-0.4, -0.2) is 28.4 Å². The van der Waals surface area contributed by atoms with Crippen molar-refractivity contribution in [2.24, 2.45) is 5.92 Å². The van der Waals surface area contributed by atoms with E-state index in [1.54, 1.807) is 13.2 Å². The summed E-state index contributed by atoms with van der Waals surface area (Å²) in [6.07, 6.45) is 6.62. The van der Waals surface area contributed by atoms with Gasteiger partial charge in [0.05, 0.1) is 23.9 Å². The Labute approximate surface area is 212 Å². The van der Waals surface area contributed by atoms with Crippen LogP contribution in [0.4, 0.5) is 10.3 Å². The Bertz CT molecular complexity index is 1220. The van der Waals surface area contributed by atoms with Crippen molar-refractivity contribution in [1.29, 1.82) is 0 Å². The average molecular weight is 497 g/mol. The van der Waals surface area contributed by atoms with Gasteiger partial charge in [-0.15, -0.1) is 5.10 Å². The van der Waals surface area contributed by atoms with Gasteiger partial charge in [0.15, 0.2) is 0 Å². The van der Waals surface area contributed by atoms with Crippen molar-refractivity contribution in [2.45, 2.75) is 71.3 Å². The number of aromatic nitrogens is 3. The Morgan fingerprint density at radius 2 is 1.91 bits per heavy atom. The van der Waals surface area contributed by atoms with Crippen LogP contribution in [0.2, 0.25) is 5.02 Å². The van der Waals surface area contributed by atoms with Crippen LogP contribution < -0.4 is 9.64 Å². The molecule has 0 bridgehead atoms. The Morgan fingerprint density at radius 3 is 2.54 bits per heavy atom. The molecule has 5 nitrogen and oxygen atoms in total. The number of methoxy groups -OCH3 is 1. The van der Waals surface area contributed by atoms with Gasteiger partial charge < -0.3 is 9.64 Å². The highest BCUT2D eigenvalue weighted by atomic mass is 35.5. The van der Waals surface area contributed by atoms with Crippen molar-refractivity contribution in [3.05, 3.63) is 63.7 Å². The van der Waals surface area contributed by atoms with Crippen LogP contribution in [0.25, 0.3) is 5.69 Å². The SMILES string of the molecule is CCCN(c1nc(C2CC2)n(-c2cc(C)c(OC)cc2Cl)n1)C(CC1CC1)c1ccc(C)c(F)c1. The minimum Gasteiger partial charge on any atom is -0.496 e. The second-order valence-corrected chi connectivity index (χ2v) is 10.5. The number of ether oxygens (including phenoxy) is 1. The molecule has 2 aliphatic carbocycles. The van der Waals surface area contributed by atoms with Gasteiger partial charge in [-0.3, -0.25) is 0 Å². The third kappa shape index (κ3) is 5.04. The van der Waals surface area contributed by atoms with Gasteiger partial charge in [-0.1, -0.05) is 43.5 Å². The maximum atomic E-state index is 14.6. The number of hydrogen-bond acceptors (Lipinski definition) is 4. The largest absolute Gasteiger partial charge is 0.496 e. The van der Waals surface area contributed by atoms with Crippen LogP contribution in [0.15, 0.2) is 30.3 Å². The summed E-state index contributed by atoms with van der Waals surface area (Å²) in [5.41, 5.74) is 3.49. The second-order valence-electron chi connectivity index (χ2n) is 10.1. The lowest BCUT2D eigenvalue weighted by atomic mass is 9.98. The summed E-state index contributed by atoms with van der Waals surface area (Å²) in [5, 5.41) is 5.63. The van der Waals surface area contributed by atoms with Crippen LogP contribution in [0.5, 0.6) is 5.75 Å². The number of nitrogens with zero attached hydrogens (tertiary/aromatic N) is 4. The summed E-state index contributed by atoms with van der Waals surface area (Å²) in [7, 11) is 1.65. The number of aryl methyl sites for hydroxylation is 2. The van der Waals surface area contributed by atoms with Crippen molar-refractivity contribution in [3.63, 3.8) is 0 Å². The van der Waals surface area contributed by atoms with E-state index in [-0.39, 0.29) is 11.9 Å². The van der Waals surface area contributed by atoms with Crippen molar-refractivity contribution in [3.8, 4) is 11.4 Å². The zero-order chi connectivity index (χ0) is 24.7.